The summed E-state index contributed by atoms with van der Waals surface area (Å²) < 4.78 is 12.1. The van der Waals surface area contributed by atoms with E-state index in [2.05, 4.69) is 83.2 Å². The van der Waals surface area contributed by atoms with E-state index in [1.807, 2.05) is 12.0 Å². The van der Waals surface area contributed by atoms with E-state index in [1.54, 1.807) is 0 Å². The highest BCUT2D eigenvalue weighted by Crippen LogP contribution is 2.37. The van der Waals surface area contributed by atoms with Crippen LogP contribution in [0.5, 0.6) is 0 Å². The Morgan fingerprint density at radius 1 is 0.833 bits per heavy atom. The molecule has 0 unspecified atom stereocenters. The minimum atomic E-state index is -0.310. The van der Waals surface area contributed by atoms with Crippen molar-refractivity contribution in [2.45, 2.75) is 45.8 Å². The number of rotatable bonds is 3. The fraction of sp³-hybridized carbons (Fsp3) is 0.333. The van der Waals surface area contributed by atoms with Crippen LogP contribution in [-0.4, -0.2) is 18.3 Å². The third-order valence-electron chi connectivity index (χ3n) is 5.16. The SMILES string of the molecule is Cc1c(/C=C/B2OC(C)(C)C(C)(C)O2)cccc1-c1ccccc1. The van der Waals surface area contributed by atoms with Gasteiger partial charge in [0.25, 0.3) is 0 Å². The van der Waals surface area contributed by atoms with Gasteiger partial charge >= 0.3 is 7.12 Å². The van der Waals surface area contributed by atoms with Gasteiger partial charge in [-0.1, -0.05) is 60.6 Å². The van der Waals surface area contributed by atoms with E-state index in [4.69, 9.17) is 9.31 Å². The van der Waals surface area contributed by atoms with Gasteiger partial charge in [0.15, 0.2) is 0 Å². The van der Waals surface area contributed by atoms with Crippen molar-refractivity contribution in [1.29, 1.82) is 0 Å². The zero-order chi connectivity index (χ0) is 17.4. The van der Waals surface area contributed by atoms with E-state index in [-0.39, 0.29) is 18.3 Å². The highest BCUT2D eigenvalue weighted by atomic mass is 16.7. The molecule has 0 radical (unpaired) electrons. The third-order valence-corrected chi connectivity index (χ3v) is 5.16. The summed E-state index contributed by atoms with van der Waals surface area (Å²) in [6.45, 7) is 10.4. The molecule has 0 aliphatic carbocycles. The van der Waals surface area contributed by atoms with Crippen LogP contribution in [0.2, 0.25) is 0 Å². The van der Waals surface area contributed by atoms with Crippen LogP contribution in [0, 0.1) is 6.92 Å². The smallest absolute Gasteiger partial charge is 0.400 e. The molecule has 0 spiro atoms. The highest BCUT2D eigenvalue weighted by Gasteiger charge is 2.49. The normalized spacial score (nSPS) is 19.1. The molecule has 0 bridgehead atoms. The fourth-order valence-electron chi connectivity index (χ4n) is 2.91. The number of hydrogen-bond acceptors (Lipinski definition) is 2. The summed E-state index contributed by atoms with van der Waals surface area (Å²) in [7, 11) is -0.310. The van der Waals surface area contributed by atoms with Crippen LogP contribution >= 0.6 is 0 Å². The highest BCUT2D eigenvalue weighted by molar-refractivity contribution is 6.52. The molecule has 0 N–H and O–H groups in total. The molecule has 0 aromatic heterocycles. The van der Waals surface area contributed by atoms with Crippen LogP contribution in [0.4, 0.5) is 0 Å². The summed E-state index contributed by atoms with van der Waals surface area (Å²) >= 11 is 0. The topological polar surface area (TPSA) is 18.5 Å². The molecule has 0 atom stereocenters. The van der Waals surface area contributed by atoms with Gasteiger partial charge in [-0.2, -0.15) is 0 Å². The maximum absolute atomic E-state index is 6.03. The molecule has 2 aromatic carbocycles. The van der Waals surface area contributed by atoms with Gasteiger partial charge in [0.2, 0.25) is 0 Å². The average molecular weight is 320 g/mol. The lowest BCUT2D eigenvalue weighted by molar-refractivity contribution is 0.00578. The summed E-state index contributed by atoms with van der Waals surface area (Å²) in [6.07, 6.45) is 2.10. The minimum Gasteiger partial charge on any atom is -0.400 e. The molecule has 2 nitrogen and oxygen atoms in total. The maximum atomic E-state index is 6.03. The zero-order valence-electron chi connectivity index (χ0n) is 15.2. The third kappa shape index (κ3) is 3.19. The molecule has 0 saturated carbocycles. The van der Waals surface area contributed by atoms with Crippen LogP contribution in [0.15, 0.2) is 54.5 Å². The standard InChI is InChI=1S/C21H25BO2/c1-16-17(12-9-13-19(16)18-10-7-6-8-11-18)14-15-22-23-20(2,3)21(4,5)24-22/h6-15H,1-5H3/b15-14+. The monoisotopic (exact) mass is 320 g/mol. The van der Waals surface area contributed by atoms with Crippen LogP contribution in [-0.2, 0) is 9.31 Å². The molecule has 24 heavy (non-hydrogen) atoms. The van der Waals surface area contributed by atoms with Crippen molar-refractivity contribution < 1.29 is 9.31 Å². The van der Waals surface area contributed by atoms with Crippen LogP contribution in [0.1, 0.15) is 38.8 Å². The zero-order valence-corrected chi connectivity index (χ0v) is 15.2. The summed E-state index contributed by atoms with van der Waals surface area (Å²) in [5, 5.41) is 0. The van der Waals surface area contributed by atoms with Gasteiger partial charge in [0.1, 0.15) is 0 Å². The van der Waals surface area contributed by atoms with E-state index in [0.29, 0.717) is 0 Å². The molecule has 0 amide bonds. The van der Waals surface area contributed by atoms with Gasteiger partial charge in [0.05, 0.1) is 11.2 Å². The van der Waals surface area contributed by atoms with Crippen molar-refractivity contribution in [3.8, 4) is 11.1 Å². The van der Waals surface area contributed by atoms with E-state index in [1.165, 1.54) is 22.3 Å². The summed E-state index contributed by atoms with van der Waals surface area (Å²) in [4.78, 5) is 0. The molecule has 1 aliphatic rings. The first-order chi connectivity index (χ1) is 11.3. The molecule has 1 saturated heterocycles. The minimum absolute atomic E-state index is 0.303. The van der Waals surface area contributed by atoms with Crippen molar-refractivity contribution >= 4 is 13.2 Å². The number of benzene rings is 2. The Balaban J connectivity index is 1.84. The molecule has 1 aliphatic heterocycles. The first-order valence-electron chi connectivity index (χ1n) is 8.49. The first kappa shape index (κ1) is 17.0. The van der Waals surface area contributed by atoms with Crippen LogP contribution < -0.4 is 0 Å². The molecule has 1 fully saturated rings. The second-order valence-corrected chi connectivity index (χ2v) is 7.37. The van der Waals surface area contributed by atoms with Crippen LogP contribution in [0.25, 0.3) is 17.2 Å². The Hall–Kier alpha value is -1.84. The number of hydrogen-bond donors (Lipinski definition) is 0. The summed E-state index contributed by atoms with van der Waals surface area (Å²) in [5.41, 5.74) is 4.33. The van der Waals surface area contributed by atoms with Crippen molar-refractivity contribution in [2.75, 3.05) is 0 Å². The lowest BCUT2D eigenvalue weighted by Gasteiger charge is -2.32. The van der Waals surface area contributed by atoms with Crippen molar-refractivity contribution in [3.05, 3.63) is 65.6 Å². The predicted molar refractivity (Wildman–Crippen MR) is 102 cm³/mol. The average Bonchev–Trinajstić information content (AvgIpc) is 2.74. The molecule has 1 heterocycles. The van der Waals surface area contributed by atoms with Gasteiger partial charge in [-0.05, 0) is 56.9 Å². The van der Waals surface area contributed by atoms with Gasteiger partial charge in [-0.3, -0.25) is 0 Å². The molecule has 3 rings (SSSR count). The molecular formula is C21H25BO2. The Labute approximate surface area is 145 Å². The Morgan fingerprint density at radius 3 is 2.08 bits per heavy atom. The summed E-state index contributed by atoms with van der Waals surface area (Å²) in [5.74, 6) is 2.01. The van der Waals surface area contributed by atoms with Crippen LogP contribution in [0.3, 0.4) is 0 Å². The van der Waals surface area contributed by atoms with Crippen molar-refractivity contribution in [1.82, 2.24) is 0 Å². The second kappa shape index (κ2) is 6.23. The van der Waals surface area contributed by atoms with Crippen molar-refractivity contribution in [2.24, 2.45) is 0 Å². The van der Waals surface area contributed by atoms with Crippen molar-refractivity contribution in [3.63, 3.8) is 0 Å². The van der Waals surface area contributed by atoms with E-state index < -0.39 is 0 Å². The Morgan fingerprint density at radius 2 is 1.46 bits per heavy atom. The first-order valence-corrected chi connectivity index (χ1v) is 8.49. The fourth-order valence-corrected chi connectivity index (χ4v) is 2.91. The van der Waals surface area contributed by atoms with Gasteiger partial charge in [0, 0.05) is 0 Å². The quantitative estimate of drug-likeness (QED) is 0.714. The molecular weight excluding hydrogens is 295 g/mol. The largest absolute Gasteiger partial charge is 0.487 e. The Bertz CT molecular complexity index is 732. The van der Waals surface area contributed by atoms with Gasteiger partial charge < -0.3 is 9.31 Å². The molecule has 3 heteroatoms. The van der Waals surface area contributed by atoms with E-state index >= 15 is 0 Å². The van der Waals surface area contributed by atoms with Gasteiger partial charge in [-0.25, -0.2) is 0 Å². The maximum Gasteiger partial charge on any atom is 0.487 e. The lowest BCUT2D eigenvalue weighted by atomic mass is 9.87. The van der Waals surface area contributed by atoms with E-state index in [0.717, 1.165) is 0 Å². The summed E-state index contributed by atoms with van der Waals surface area (Å²) in [6, 6.07) is 16.9. The lowest BCUT2D eigenvalue weighted by Crippen LogP contribution is -2.41. The molecule has 124 valence electrons. The predicted octanol–water partition coefficient (Wildman–Crippen LogP) is 5.31. The molecule has 2 aromatic rings. The van der Waals surface area contributed by atoms with Gasteiger partial charge in [-0.15, -0.1) is 0 Å². The van der Waals surface area contributed by atoms with E-state index in [9.17, 15) is 0 Å². The Kier molecular flexibility index (Phi) is 4.41. The second-order valence-electron chi connectivity index (χ2n) is 7.37.